The van der Waals surface area contributed by atoms with Gasteiger partial charge in [-0.05, 0) is 37.1 Å². The van der Waals surface area contributed by atoms with Crippen LogP contribution in [-0.4, -0.2) is 33.5 Å². The van der Waals surface area contributed by atoms with Crippen molar-refractivity contribution in [3.63, 3.8) is 0 Å². The van der Waals surface area contributed by atoms with Crippen LogP contribution in [0.15, 0.2) is 60.7 Å². The first-order valence-electron chi connectivity index (χ1n) is 8.48. The molecule has 24 heavy (non-hydrogen) atoms. The van der Waals surface area contributed by atoms with E-state index in [1.165, 1.54) is 11.1 Å². The van der Waals surface area contributed by atoms with Crippen molar-refractivity contribution in [3.05, 3.63) is 77.6 Å². The van der Waals surface area contributed by atoms with Crippen LogP contribution in [0.25, 0.3) is 0 Å². The van der Waals surface area contributed by atoms with Crippen LogP contribution in [0.2, 0.25) is 0 Å². The number of rotatable bonds is 4. The van der Waals surface area contributed by atoms with Gasteiger partial charge < -0.3 is 0 Å². The molecular formula is C19H22N5+. The average molecular weight is 320 g/mol. The number of hydrogen-bond donors (Lipinski definition) is 1. The number of H-pyrrole nitrogens is 2. The fourth-order valence-corrected chi connectivity index (χ4v) is 3.75. The van der Waals surface area contributed by atoms with Crippen molar-refractivity contribution in [2.24, 2.45) is 0 Å². The van der Waals surface area contributed by atoms with E-state index in [-0.39, 0.29) is 5.41 Å². The molecule has 3 aromatic rings. The number of hydrogen-bond acceptors (Lipinski definition) is 3. The molecule has 1 saturated heterocycles. The van der Waals surface area contributed by atoms with Gasteiger partial charge in [0.25, 0.3) is 0 Å². The monoisotopic (exact) mass is 320 g/mol. The first-order valence-corrected chi connectivity index (χ1v) is 8.48. The number of nitrogens with one attached hydrogen (secondary N) is 2. The van der Waals surface area contributed by atoms with Gasteiger partial charge in [0.05, 0.1) is 5.41 Å². The van der Waals surface area contributed by atoms with Gasteiger partial charge in [-0.25, -0.2) is 0 Å². The van der Waals surface area contributed by atoms with Gasteiger partial charge in [0, 0.05) is 6.54 Å². The van der Waals surface area contributed by atoms with E-state index in [2.05, 4.69) is 86.2 Å². The summed E-state index contributed by atoms with van der Waals surface area (Å²) < 4.78 is 0. The third-order valence-electron chi connectivity index (χ3n) is 5.11. The van der Waals surface area contributed by atoms with E-state index in [0.717, 1.165) is 38.3 Å². The van der Waals surface area contributed by atoms with E-state index in [4.69, 9.17) is 0 Å². The Morgan fingerprint density at radius 3 is 2.25 bits per heavy atom. The Morgan fingerprint density at radius 1 is 0.958 bits per heavy atom. The summed E-state index contributed by atoms with van der Waals surface area (Å²) in [6, 6.07) is 21.4. The summed E-state index contributed by atoms with van der Waals surface area (Å²) in [5, 5.41) is 14.1. The van der Waals surface area contributed by atoms with Crippen molar-refractivity contribution in [1.29, 1.82) is 0 Å². The van der Waals surface area contributed by atoms with Crippen LogP contribution in [0.3, 0.4) is 0 Å². The van der Waals surface area contributed by atoms with Gasteiger partial charge in [0.1, 0.15) is 5.10 Å². The molecule has 0 amide bonds. The minimum atomic E-state index is -0.0819. The lowest BCUT2D eigenvalue weighted by Gasteiger charge is -2.38. The van der Waals surface area contributed by atoms with Gasteiger partial charge in [0.15, 0.2) is 5.21 Å². The number of nitrogens with zero attached hydrogens (tertiary/aromatic N) is 3. The molecule has 5 heteroatoms. The van der Waals surface area contributed by atoms with E-state index in [1.807, 2.05) is 0 Å². The lowest BCUT2D eigenvalue weighted by molar-refractivity contribution is -0.472. The van der Waals surface area contributed by atoms with Crippen molar-refractivity contribution >= 4 is 0 Å². The first kappa shape index (κ1) is 15.0. The fourth-order valence-electron chi connectivity index (χ4n) is 3.75. The molecule has 0 spiro atoms. The maximum atomic E-state index is 4.32. The van der Waals surface area contributed by atoms with E-state index in [1.54, 1.807) is 0 Å². The van der Waals surface area contributed by atoms with Crippen LogP contribution in [0.1, 0.15) is 29.8 Å². The van der Waals surface area contributed by atoms with Gasteiger partial charge in [-0.1, -0.05) is 65.9 Å². The molecule has 0 bridgehead atoms. The molecule has 5 nitrogen and oxygen atoms in total. The van der Waals surface area contributed by atoms with Gasteiger partial charge >= 0.3 is 5.82 Å². The van der Waals surface area contributed by atoms with Crippen LogP contribution in [-0.2, 0) is 12.0 Å². The predicted octanol–water partition coefficient (Wildman–Crippen LogP) is 2.20. The van der Waals surface area contributed by atoms with Gasteiger partial charge in [-0.3, -0.25) is 4.90 Å². The second kappa shape index (κ2) is 6.53. The molecule has 1 aromatic heterocycles. The standard InChI is InChI=1S/C19H21N5/c1-3-7-16(8-4-1)15-24-13-11-19(12-14-24,18-20-22-23-21-18)17-9-5-2-6-10-17/h1-10H,11-15H2,(H,20,21,22,23)/p+1. The molecule has 0 aliphatic carbocycles. The summed E-state index contributed by atoms with van der Waals surface area (Å²) in [6.07, 6.45) is 2.07. The lowest BCUT2D eigenvalue weighted by Crippen LogP contribution is -2.45. The zero-order chi connectivity index (χ0) is 16.2. The minimum absolute atomic E-state index is 0.0819. The molecule has 0 saturated carbocycles. The first-order chi connectivity index (χ1) is 11.9. The second-order valence-electron chi connectivity index (χ2n) is 6.50. The van der Waals surface area contributed by atoms with Gasteiger partial charge in [-0.15, -0.1) is 0 Å². The van der Waals surface area contributed by atoms with Crippen LogP contribution < -0.4 is 5.10 Å². The minimum Gasteiger partial charge on any atom is -0.299 e. The maximum Gasteiger partial charge on any atom is 0.308 e. The summed E-state index contributed by atoms with van der Waals surface area (Å²) in [7, 11) is 0. The molecule has 2 N–H and O–H groups in total. The van der Waals surface area contributed by atoms with Crippen molar-refractivity contribution in [1.82, 2.24) is 20.4 Å². The van der Waals surface area contributed by atoms with Crippen LogP contribution in [0.5, 0.6) is 0 Å². The Kier molecular flexibility index (Phi) is 4.09. The summed E-state index contributed by atoms with van der Waals surface area (Å²) >= 11 is 0. The van der Waals surface area contributed by atoms with Crippen molar-refractivity contribution in [3.8, 4) is 0 Å². The molecule has 1 fully saturated rings. The molecular weight excluding hydrogens is 298 g/mol. The van der Waals surface area contributed by atoms with E-state index in [9.17, 15) is 0 Å². The number of aromatic nitrogens is 4. The average Bonchev–Trinajstić information content (AvgIpc) is 3.19. The number of piperidine rings is 1. The van der Waals surface area contributed by atoms with Crippen molar-refractivity contribution in [2.75, 3.05) is 13.1 Å². The highest BCUT2D eigenvalue weighted by Crippen LogP contribution is 2.39. The Hall–Kier alpha value is -2.53. The van der Waals surface area contributed by atoms with Gasteiger partial charge in [0.2, 0.25) is 0 Å². The molecule has 122 valence electrons. The molecule has 1 aliphatic rings. The van der Waals surface area contributed by atoms with Crippen molar-refractivity contribution < 1.29 is 5.10 Å². The zero-order valence-corrected chi connectivity index (χ0v) is 13.7. The van der Waals surface area contributed by atoms with E-state index < -0.39 is 0 Å². The summed E-state index contributed by atoms with van der Waals surface area (Å²) in [4.78, 5) is 2.52. The summed E-state index contributed by atoms with van der Waals surface area (Å²) in [6.45, 7) is 3.10. The predicted molar refractivity (Wildman–Crippen MR) is 91.1 cm³/mol. The molecule has 0 unspecified atom stereocenters. The second-order valence-corrected chi connectivity index (χ2v) is 6.50. The highest BCUT2D eigenvalue weighted by atomic mass is 15.5. The summed E-state index contributed by atoms with van der Waals surface area (Å²) in [5.74, 6) is 0.938. The molecule has 0 radical (unpaired) electrons. The van der Waals surface area contributed by atoms with Crippen LogP contribution >= 0.6 is 0 Å². The third kappa shape index (κ3) is 2.83. The van der Waals surface area contributed by atoms with Crippen LogP contribution in [0.4, 0.5) is 0 Å². The normalized spacial score (nSPS) is 17.7. The lowest BCUT2D eigenvalue weighted by atomic mass is 9.72. The van der Waals surface area contributed by atoms with E-state index >= 15 is 0 Å². The Labute approximate surface area is 141 Å². The Balaban J connectivity index is 1.56. The zero-order valence-electron chi connectivity index (χ0n) is 13.7. The highest BCUT2D eigenvalue weighted by Gasteiger charge is 2.44. The molecule has 1 aliphatic heterocycles. The van der Waals surface area contributed by atoms with Crippen molar-refractivity contribution in [2.45, 2.75) is 24.8 Å². The molecule has 4 rings (SSSR count). The van der Waals surface area contributed by atoms with E-state index in [0.29, 0.717) is 0 Å². The quantitative estimate of drug-likeness (QED) is 0.802. The molecule has 0 atom stereocenters. The largest absolute Gasteiger partial charge is 0.308 e. The topological polar surface area (TPSA) is 59.0 Å². The highest BCUT2D eigenvalue weighted by molar-refractivity contribution is 5.32. The Morgan fingerprint density at radius 2 is 1.62 bits per heavy atom. The summed E-state index contributed by atoms with van der Waals surface area (Å²) in [5.41, 5.74) is 2.61. The maximum absolute atomic E-state index is 4.32. The number of benzene rings is 2. The smallest absolute Gasteiger partial charge is 0.299 e. The SMILES string of the molecule is c1ccc(CN2CCC(c3ccccc3)(c3nn[nH][nH+]3)CC2)cc1. The fraction of sp³-hybridized carbons (Fsp3) is 0.316. The Bertz CT molecular complexity index is 747. The third-order valence-corrected chi connectivity index (χ3v) is 5.11. The molecule has 2 aromatic carbocycles. The van der Waals surface area contributed by atoms with Crippen LogP contribution in [0, 0.1) is 0 Å². The number of likely N-dealkylation sites (tertiary alicyclic amines) is 1. The van der Waals surface area contributed by atoms with Gasteiger partial charge in [-0.2, -0.15) is 5.10 Å². The number of aromatic amines is 2. The number of tetrazole rings is 1. The molecule has 2 heterocycles.